The SMILES string of the molecule is COc1ccc(OC)c([C@@H](C)NC(=O)c2ccccc2N(C)S(=O)(=O)c2ccc(C)cc2)c1. The Morgan fingerprint density at radius 1 is 0.970 bits per heavy atom. The van der Waals surface area contributed by atoms with Gasteiger partial charge in [-0.2, -0.15) is 0 Å². The first kappa shape index (κ1) is 24.1. The van der Waals surface area contributed by atoms with Gasteiger partial charge in [-0.15, -0.1) is 0 Å². The summed E-state index contributed by atoms with van der Waals surface area (Å²) in [6, 6.07) is 18.1. The molecule has 0 radical (unpaired) electrons. The standard InChI is InChI=1S/C25H28N2O5S/c1-17-10-13-20(14-11-17)33(29,30)27(3)23-9-7-6-8-21(23)25(28)26-18(2)22-16-19(31-4)12-15-24(22)32-5/h6-16,18H,1-5H3,(H,26,28)/t18-/m1/s1. The normalized spacial score (nSPS) is 12.0. The monoisotopic (exact) mass is 468 g/mol. The Bertz CT molecular complexity index is 1240. The molecule has 3 aromatic rings. The summed E-state index contributed by atoms with van der Waals surface area (Å²) in [7, 11) is 0.712. The molecule has 0 heterocycles. The summed E-state index contributed by atoms with van der Waals surface area (Å²) in [6.45, 7) is 3.71. The van der Waals surface area contributed by atoms with Gasteiger partial charge in [0.15, 0.2) is 0 Å². The largest absolute Gasteiger partial charge is 0.497 e. The van der Waals surface area contributed by atoms with Crippen molar-refractivity contribution in [1.29, 1.82) is 0 Å². The first-order valence-corrected chi connectivity index (χ1v) is 11.8. The minimum absolute atomic E-state index is 0.153. The topological polar surface area (TPSA) is 84.9 Å². The molecule has 7 nitrogen and oxygen atoms in total. The second-order valence-corrected chi connectivity index (χ2v) is 9.58. The maximum Gasteiger partial charge on any atom is 0.264 e. The van der Waals surface area contributed by atoms with Gasteiger partial charge in [-0.25, -0.2) is 8.42 Å². The summed E-state index contributed by atoms with van der Waals surface area (Å²) < 4.78 is 38.2. The van der Waals surface area contributed by atoms with E-state index in [-0.39, 0.29) is 16.1 Å². The number of carbonyl (C=O) groups excluding carboxylic acids is 1. The van der Waals surface area contributed by atoms with E-state index in [0.717, 1.165) is 15.4 Å². The van der Waals surface area contributed by atoms with Gasteiger partial charge in [-0.1, -0.05) is 29.8 Å². The van der Waals surface area contributed by atoms with Crippen LogP contribution in [-0.2, 0) is 10.0 Å². The highest BCUT2D eigenvalue weighted by molar-refractivity contribution is 7.92. The number of hydrogen-bond donors (Lipinski definition) is 1. The number of nitrogens with zero attached hydrogens (tertiary/aromatic N) is 1. The molecular formula is C25H28N2O5S. The van der Waals surface area contributed by atoms with E-state index in [4.69, 9.17) is 9.47 Å². The van der Waals surface area contributed by atoms with Gasteiger partial charge in [-0.3, -0.25) is 9.10 Å². The van der Waals surface area contributed by atoms with Crippen molar-refractivity contribution in [3.8, 4) is 11.5 Å². The zero-order valence-corrected chi connectivity index (χ0v) is 20.1. The van der Waals surface area contributed by atoms with E-state index >= 15 is 0 Å². The van der Waals surface area contributed by atoms with Gasteiger partial charge in [0.1, 0.15) is 11.5 Å². The molecule has 1 amide bonds. The van der Waals surface area contributed by atoms with Crippen molar-refractivity contribution in [2.45, 2.75) is 24.8 Å². The van der Waals surface area contributed by atoms with Crippen LogP contribution in [0.3, 0.4) is 0 Å². The predicted octanol–water partition coefficient (Wildman–Crippen LogP) is 4.33. The summed E-state index contributed by atoms with van der Waals surface area (Å²) >= 11 is 0. The Hall–Kier alpha value is -3.52. The number of sulfonamides is 1. The third-order valence-electron chi connectivity index (χ3n) is 5.42. The molecule has 0 aromatic heterocycles. The Morgan fingerprint density at radius 3 is 2.27 bits per heavy atom. The fraction of sp³-hybridized carbons (Fsp3) is 0.240. The molecule has 8 heteroatoms. The third-order valence-corrected chi connectivity index (χ3v) is 7.20. The molecule has 0 aliphatic heterocycles. The molecule has 0 fully saturated rings. The summed E-state index contributed by atoms with van der Waals surface area (Å²) in [6.07, 6.45) is 0. The molecule has 0 aliphatic carbocycles. The molecule has 174 valence electrons. The lowest BCUT2D eigenvalue weighted by Gasteiger charge is -2.23. The Balaban J connectivity index is 1.91. The van der Waals surface area contributed by atoms with Gasteiger partial charge in [0.05, 0.1) is 36.4 Å². The number of amides is 1. The molecule has 1 N–H and O–H groups in total. The van der Waals surface area contributed by atoms with E-state index in [0.29, 0.717) is 11.5 Å². The highest BCUT2D eigenvalue weighted by atomic mass is 32.2. The zero-order chi connectivity index (χ0) is 24.2. The summed E-state index contributed by atoms with van der Waals surface area (Å²) in [5.74, 6) is 0.834. The molecular weight excluding hydrogens is 440 g/mol. The molecule has 0 spiro atoms. The molecule has 33 heavy (non-hydrogen) atoms. The van der Waals surface area contributed by atoms with Crippen LogP contribution in [0.1, 0.15) is 34.5 Å². The number of nitrogens with one attached hydrogen (secondary N) is 1. The van der Waals surface area contributed by atoms with Gasteiger partial charge in [0.25, 0.3) is 15.9 Å². The predicted molar refractivity (Wildman–Crippen MR) is 129 cm³/mol. The number of rotatable bonds is 8. The minimum atomic E-state index is -3.85. The number of para-hydroxylation sites is 1. The highest BCUT2D eigenvalue weighted by Crippen LogP contribution is 2.31. The average molecular weight is 469 g/mol. The lowest BCUT2D eigenvalue weighted by atomic mass is 10.1. The van der Waals surface area contributed by atoms with E-state index in [2.05, 4.69) is 5.32 Å². The summed E-state index contributed by atoms with van der Waals surface area (Å²) in [4.78, 5) is 13.4. The van der Waals surface area contributed by atoms with Crippen molar-refractivity contribution in [2.24, 2.45) is 0 Å². The maximum atomic E-state index is 13.2. The van der Waals surface area contributed by atoms with Crippen LogP contribution in [0.25, 0.3) is 0 Å². The molecule has 0 saturated carbocycles. The van der Waals surface area contributed by atoms with Gasteiger partial charge in [-0.05, 0) is 56.3 Å². The van der Waals surface area contributed by atoms with Crippen molar-refractivity contribution < 1.29 is 22.7 Å². The number of methoxy groups -OCH3 is 2. The van der Waals surface area contributed by atoms with E-state index in [9.17, 15) is 13.2 Å². The second kappa shape index (κ2) is 9.95. The van der Waals surface area contributed by atoms with Crippen LogP contribution in [0, 0.1) is 6.92 Å². The fourth-order valence-electron chi connectivity index (χ4n) is 3.47. The number of aryl methyl sites for hydroxylation is 1. The van der Waals surface area contributed by atoms with Gasteiger partial charge in [0, 0.05) is 12.6 Å². The number of ether oxygens (including phenoxy) is 2. The summed E-state index contributed by atoms with van der Waals surface area (Å²) in [5.41, 5.74) is 2.21. The lowest BCUT2D eigenvalue weighted by molar-refractivity contribution is 0.0940. The van der Waals surface area contributed by atoms with Crippen molar-refractivity contribution >= 4 is 21.6 Å². The number of benzene rings is 3. The summed E-state index contributed by atoms with van der Waals surface area (Å²) in [5, 5.41) is 2.94. The van der Waals surface area contributed by atoms with Crippen LogP contribution in [0.2, 0.25) is 0 Å². The number of hydrogen-bond acceptors (Lipinski definition) is 5. The third kappa shape index (κ3) is 5.12. The number of anilines is 1. The Labute approximate surface area is 195 Å². The lowest BCUT2D eigenvalue weighted by Crippen LogP contribution is -2.32. The van der Waals surface area contributed by atoms with E-state index in [1.807, 2.05) is 13.8 Å². The molecule has 3 aromatic carbocycles. The van der Waals surface area contributed by atoms with Gasteiger partial charge < -0.3 is 14.8 Å². The molecule has 1 atom stereocenters. The maximum absolute atomic E-state index is 13.2. The van der Waals surface area contributed by atoms with Gasteiger partial charge >= 0.3 is 0 Å². The van der Waals surface area contributed by atoms with Crippen LogP contribution in [-0.4, -0.2) is 35.6 Å². The Kier molecular flexibility index (Phi) is 7.28. The highest BCUT2D eigenvalue weighted by Gasteiger charge is 2.26. The van der Waals surface area contributed by atoms with E-state index in [1.165, 1.54) is 7.05 Å². The van der Waals surface area contributed by atoms with Crippen molar-refractivity contribution in [2.75, 3.05) is 25.6 Å². The van der Waals surface area contributed by atoms with E-state index in [1.54, 1.807) is 80.9 Å². The first-order chi connectivity index (χ1) is 15.7. The molecule has 0 unspecified atom stereocenters. The molecule has 3 rings (SSSR count). The number of carbonyl (C=O) groups is 1. The van der Waals surface area contributed by atoms with Crippen molar-refractivity contribution in [1.82, 2.24) is 5.32 Å². The fourth-order valence-corrected chi connectivity index (χ4v) is 4.68. The van der Waals surface area contributed by atoms with Crippen molar-refractivity contribution in [3.05, 3.63) is 83.4 Å². The van der Waals surface area contributed by atoms with E-state index < -0.39 is 22.0 Å². The zero-order valence-electron chi connectivity index (χ0n) is 19.3. The average Bonchev–Trinajstić information content (AvgIpc) is 2.83. The molecule has 0 aliphatic rings. The first-order valence-electron chi connectivity index (χ1n) is 10.4. The van der Waals surface area contributed by atoms with Crippen LogP contribution in [0.4, 0.5) is 5.69 Å². The molecule has 0 saturated heterocycles. The van der Waals surface area contributed by atoms with Crippen molar-refractivity contribution in [3.63, 3.8) is 0 Å². The smallest absolute Gasteiger partial charge is 0.264 e. The van der Waals surface area contributed by atoms with Crippen LogP contribution in [0.5, 0.6) is 11.5 Å². The van der Waals surface area contributed by atoms with Crippen LogP contribution < -0.4 is 19.1 Å². The van der Waals surface area contributed by atoms with Crippen LogP contribution >= 0.6 is 0 Å². The quantitative estimate of drug-likeness (QED) is 0.532. The minimum Gasteiger partial charge on any atom is -0.497 e. The van der Waals surface area contributed by atoms with Crippen LogP contribution in [0.15, 0.2) is 71.6 Å². The van der Waals surface area contributed by atoms with Gasteiger partial charge in [0.2, 0.25) is 0 Å². The Morgan fingerprint density at radius 2 is 1.64 bits per heavy atom. The second-order valence-electron chi connectivity index (χ2n) is 7.61. The molecule has 0 bridgehead atoms.